The van der Waals surface area contributed by atoms with Crippen molar-refractivity contribution in [2.75, 3.05) is 17.2 Å². The molecule has 2 N–H and O–H groups in total. The summed E-state index contributed by atoms with van der Waals surface area (Å²) in [5.41, 5.74) is 2.60. The molecule has 1 aliphatic heterocycles. The zero-order valence-corrected chi connectivity index (χ0v) is 21.8. The third-order valence-corrected chi connectivity index (χ3v) is 6.04. The average molecular weight is 514 g/mol. The highest BCUT2D eigenvalue weighted by molar-refractivity contribution is 6.05. The summed E-state index contributed by atoms with van der Waals surface area (Å²) in [7, 11) is 0. The van der Waals surface area contributed by atoms with E-state index in [9.17, 15) is 9.59 Å². The molecule has 9 heteroatoms. The molecule has 2 bridgehead atoms. The lowest BCUT2D eigenvalue weighted by atomic mass is 10.1. The fourth-order valence-electron chi connectivity index (χ4n) is 4.38. The molecule has 0 fully saturated rings. The van der Waals surface area contributed by atoms with Gasteiger partial charge in [-0.2, -0.15) is 0 Å². The Morgan fingerprint density at radius 1 is 1.03 bits per heavy atom. The first-order valence-electron chi connectivity index (χ1n) is 12.8. The molecule has 0 radical (unpaired) electrons. The minimum atomic E-state index is -0.687. The van der Waals surface area contributed by atoms with Crippen LogP contribution in [0, 0.1) is 0 Å². The number of anilines is 2. The van der Waals surface area contributed by atoms with Crippen LogP contribution in [-0.2, 0) is 11.3 Å². The summed E-state index contributed by atoms with van der Waals surface area (Å²) >= 11 is 0. The molecular formula is C29H31N5O4. The molecular weight excluding hydrogens is 482 g/mol. The van der Waals surface area contributed by atoms with E-state index in [1.54, 1.807) is 26.8 Å². The van der Waals surface area contributed by atoms with Crippen LogP contribution in [0.1, 0.15) is 50.4 Å². The summed E-state index contributed by atoms with van der Waals surface area (Å²) in [6.07, 6.45) is 2.08. The Morgan fingerprint density at radius 3 is 2.66 bits per heavy atom. The summed E-state index contributed by atoms with van der Waals surface area (Å²) in [6.45, 7) is 6.60. The van der Waals surface area contributed by atoms with Gasteiger partial charge in [-0.15, -0.1) is 0 Å². The van der Waals surface area contributed by atoms with E-state index in [1.807, 2.05) is 53.1 Å². The van der Waals surface area contributed by atoms with Crippen LogP contribution in [0.25, 0.3) is 22.3 Å². The number of hydrogen-bond acceptors (Lipinski definition) is 6. The highest BCUT2D eigenvalue weighted by Crippen LogP contribution is 2.31. The molecule has 3 heterocycles. The SMILES string of the molecule is CC(C)(C)OC(=O)Nc1cc2cc(n1)-c1ccccc1OCCCCCn1c(nc3ccccc31)NC2=O. The molecule has 2 amide bonds. The number of nitrogens with one attached hydrogen (secondary N) is 2. The maximum Gasteiger partial charge on any atom is 0.413 e. The van der Waals surface area contributed by atoms with Crippen molar-refractivity contribution in [2.24, 2.45) is 0 Å². The number of aryl methyl sites for hydroxylation is 1. The van der Waals surface area contributed by atoms with Gasteiger partial charge in [0.15, 0.2) is 0 Å². The number of rotatable bonds is 1. The van der Waals surface area contributed by atoms with Gasteiger partial charge in [0.1, 0.15) is 17.2 Å². The molecule has 0 unspecified atom stereocenters. The number of aromatic nitrogens is 3. The summed E-state index contributed by atoms with van der Waals surface area (Å²) in [5, 5.41) is 5.65. The fraction of sp³-hybridized carbons (Fsp3) is 0.310. The Labute approximate surface area is 221 Å². The highest BCUT2D eigenvalue weighted by atomic mass is 16.6. The van der Waals surface area contributed by atoms with Crippen molar-refractivity contribution in [1.29, 1.82) is 0 Å². The first-order valence-corrected chi connectivity index (χ1v) is 12.8. The fourth-order valence-corrected chi connectivity index (χ4v) is 4.38. The molecule has 2 aromatic carbocycles. The lowest BCUT2D eigenvalue weighted by molar-refractivity contribution is 0.0635. The van der Waals surface area contributed by atoms with Crippen molar-refractivity contribution in [1.82, 2.24) is 14.5 Å². The molecule has 38 heavy (non-hydrogen) atoms. The molecule has 1 aliphatic rings. The van der Waals surface area contributed by atoms with Crippen LogP contribution in [0.15, 0.2) is 60.7 Å². The van der Waals surface area contributed by atoms with Crippen molar-refractivity contribution >= 4 is 34.8 Å². The Bertz CT molecular complexity index is 1490. The van der Waals surface area contributed by atoms with Gasteiger partial charge < -0.3 is 14.0 Å². The number of benzene rings is 2. The Balaban J connectivity index is 1.58. The van der Waals surface area contributed by atoms with Crippen LogP contribution in [0.2, 0.25) is 0 Å². The smallest absolute Gasteiger partial charge is 0.413 e. The van der Waals surface area contributed by atoms with E-state index >= 15 is 0 Å². The third kappa shape index (κ3) is 5.77. The first kappa shape index (κ1) is 25.3. The van der Waals surface area contributed by atoms with E-state index in [-0.39, 0.29) is 11.7 Å². The van der Waals surface area contributed by atoms with E-state index in [0.29, 0.717) is 36.1 Å². The Morgan fingerprint density at radius 2 is 1.82 bits per heavy atom. The minimum Gasteiger partial charge on any atom is -0.493 e. The monoisotopic (exact) mass is 513 g/mol. The molecule has 5 rings (SSSR count). The number of fused-ring (bicyclic) bond motifs is 7. The molecule has 4 aromatic rings. The van der Waals surface area contributed by atoms with Crippen molar-refractivity contribution < 1.29 is 19.1 Å². The molecule has 0 aliphatic carbocycles. The van der Waals surface area contributed by atoms with Crippen molar-refractivity contribution in [3.05, 3.63) is 66.2 Å². The average Bonchev–Trinajstić information content (AvgIpc) is 3.21. The number of nitrogens with zero attached hydrogens (tertiary/aromatic N) is 3. The van der Waals surface area contributed by atoms with E-state index < -0.39 is 11.7 Å². The van der Waals surface area contributed by atoms with Crippen LogP contribution in [0.5, 0.6) is 5.75 Å². The number of hydrogen-bond donors (Lipinski definition) is 2. The lowest BCUT2D eigenvalue weighted by Gasteiger charge is -2.20. The molecule has 196 valence electrons. The van der Waals surface area contributed by atoms with E-state index in [1.165, 1.54) is 6.07 Å². The number of imidazole rings is 1. The number of ether oxygens (including phenoxy) is 2. The topological polar surface area (TPSA) is 107 Å². The van der Waals surface area contributed by atoms with Crippen LogP contribution < -0.4 is 15.4 Å². The van der Waals surface area contributed by atoms with Crippen LogP contribution >= 0.6 is 0 Å². The lowest BCUT2D eigenvalue weighted by Crippen LogP contribution is -2.27. The van der Waals surface area contributed by atoms with Gasteiger partial charge >= 0.3 is 6.09 Å². The molecule has 0 spiro atoms. The van der Waals surface area contributed by atoms with E-state index in [2.05, 4.69) is 20.6 Å². The number of carbonyl (C=O) groups excluding carboxylic acids is 2. The second kappa shape index (κ2) is 10.5. The van der Waals surface area contributed by atoms with Crippen LogP contribution in [0.4, 0.5) is 16.6 Å². The molecule has 0 atom stereocenters. The van der Waals surface area contributed by atoms with Gasteiger partial charge in [0.2, 0.25) is 5.95 Å². The second-order valence-electron chi connectivity index (χ2n) is 10.2. The van der Waals surface area contributed by atoms with Gasteiger partial charge in [-0.1, -0.05) is 24.3 Å². The molecule has 2 aromatic heterocycles. The predicted molar refractivity (Wildman–Crippen MR) is 147 cm³/mol. The van der Waals surface area contributed by atoms with Gasteiger partial charge in [-0.05, 0) is 76.4 Å². The zero-order valence-electron chi connectivity index (χ0n) is 21.8. The Kier molecular flexibility index (Phi) is 7.00. The normalized spacial score (nSPS) is 14.2. The number of pyridine rings is 1. The number of carbonyl (C=O) groups is 2. The van der Waals surface area contributed by atoms with Crippen molar-refractivity contribution in [2.45, 2.75) is 52.2 Å². The summed E-state index contributed by atoms with van der Waals surface area (Å²) in [5.74, 6) is 0.956. The standard InChI is InChI=1S/C29H31N5O4/c1-29(2,3)38-28(36)32-25-18-19-17-22(30-25)20-11-5-8-14-24(20)37-16-10-4-9-15-34-23-13-7-6-12-21(23)31-27(34)33-26(19)35/h5-8,11-14,17-18H,4,9-10,15-16H2,1-3H3,(H,30,32,36)(H,31,33,35). The summed E-state index contributed by atoms with van der Waals surface area (Å²) in [4.78, 5) is 35.4. The number of amides is 2. The van der Waals surface area contributed by atoms with Crippen molar-refractivity contribution in [3.8, 4) is 17.0 Å². The van der Waals surface area contributed by atoms with Gasteiger partial charge in [-0.25, -0.2) is 14.8 Å². The van der Waals surface area contributed by atoms with Crippen LogP contribution in [-0.4, -0.2) is 38.7 Å². The van der Waals surface area contributed by atoms with Crippen molar-refractivity contribution in [3.63, 3.8) is 0 Å². The molecule has 0 saturated carbocycles. The first-order chi connectivity index (χ1) is 18.3. The van der Waals surface area contributed by atoms with Gasteiger partial charge in [0.05, 0.1) is 23.3 Å². The molecule has 9 nitrogen and oxygen atoms in total. The predicted octanol–water partition coefficient (Wildman–Crippen LogP) is 6.26. The zero-order chi connectivity index (χ0) is 26.7. The molecule has 0 saturated heterocycles. The highest BCUT2D eigenvalue weighted by Gasteiger charge is 2.21. The Hall–Kier alpha value is -4.40. The van der Waals surface area contributed by atoms with Crippen LogP contribution in [0.3, 0.4) is 0 Å². The van der Waals surface area contributed by atoms with Gasteiger partial charge in [-0.3, -0.25) is 15.4 Å². The quantitative estimate of drug-likeness (QED) is 0.311. The van der Waals surface area contributed by atoms with Gasteiger partial charge in [0, 0.05) is 17.7 Å². The maximum absolute atomic E-state index is 13.6. The minimum absolute atomic E-state index is 0.189. The maximum atomic E-state index is 13.6. The van der Waals surface area contributed by atoms with E-state index in [4.69, 9.17) is 9.47 Å². The third-order valence-electron chi connectivity index (χ3n) is 6.04. The summed E-state index contributed by atoms with van der Waals surface area (Å²) in [6, 6.07) is 18.6. The largest absolute Gasteiger partial charge is 0.493 e. The second-order valence-corrected chi connectivity index (χ2v) is 10.2. The van der Waals surface area contributed by atoms with E-state index in [0.717, 1.165) is 35.9 Å². The summed E-state index contributed by atoms with van der Waals surface area (Å²) < 4.78 is 13.6. The number of para-hydroxylation sites is 3. The van der Waals surface area contributed by atoms with Gasteiger partial charge in [0.25, 0.3) is 5.91 Å².